The van der Waals surface area contributed by atoms with E-state index in [2.05, 4.69) is 43.0 Å². The molecule has 0 atom stereocenters. The fraction of sp³-hybridized carbons (Fsp3) is 0.348. The van der Waals surface area contributed by atoms with Crippen molar-refractivity contribution < 1.29 is 9.32 Å². The quantitative estimate of drug-likeness (QED) is 0.614. The number of nitrogens with zero attached hydrogens (tertiary/aromatic N) is 3. The zero-order valence-corrected chi connectivity index (χ0v) is 17.2. The number of hydrogen-bond acceptors (Lipinski definition) is 4. The predicted octanol–water partition coefficient (Wildman–Crippen LogP) is 5.18. The molecule has 0 saturated carbocycles. The summed E-state index contributed by atoms with van der Waals surface area (Å²) in [5.74, 6) is 0.835. The predicted molar refractivity (Wildman–Crippen MR) is 111 cm³/mol. The van der Waals surface area contributed by atoms with E-state index in [0.717, 1.165) is 5.56 Å². The Morgan fingerprint density at radius 1 is 1.00 bits per heavy atom. The van der Waals surface area contributed by atoms with Gasteiger partial charge in [-0.2, -0.15) is 4.98 Å². The van der Waals surface area contributed by atoms with Crippen LogP contribution in [-0.2, 0) is 5.41 Å². The van der Waals surface area contributed by atoms with Gasteiger partial charge in [0.1, 0.15) is 0 Å². The highest BCUT2D eigenvalue weighted by Gasteiger charge is 2.21. The highest BCUT2D eigenvalue weighted by molar-refractivity contribution is 6.00. The molecule has 0 saturated heterocycles. The number of amides is 1. The van der Waals surface area contributed by atoms with Crippen molar-refractivity contribution in [3.05, 3.63) is 59.7 Å². The van der Waals surface area contributed by atoms with Gasteiger partial charge < -0.3 is 9.42 Å². The van der Waals surface area contributed by atoms with Gasteiger partial charge in [0.05, 0.1) is 11.1 Å². The summed E-state index contributed by atoms with van der Waals surface area (Å²) in [7, 11) is 0. The van der Waals surface area contributed by atoms with Crippen LogP contribution in [0.25, 0.3) is 22.8 Å². The fourth-order valence-electron chi connectivity index (χ4n) is 3.11. The zero-order valence-electron chi connectivity index (χ0n) is 17.2. The van der Waals surface area contributed by atoms with Gasteiger partial charge >= 0.3 is 0 Å². The molecule has 2 aromatic carbocycles. The van der Waals surface area contributed by atoms with Crippen molar-refractivity contribution in [2.45, 2.75) is 40.0 Å². The molecule has 0 aliphatic heterocycles. The molecule has 0 aliphatic rings. The third-order valence-corrected chi connectivity index (χ3v) is 4.87. The molecule has 0 radical (unpaired) electrons. The standard InChI is InChI=1S/C23H27N3O2/c1-6-26(7-2)22(27)19-11-9-8-10-18(19)21-24-20(25-28-21)16-12-14-17(15-13-16)23(3,4)5/h8-15H,6-7H2,1-5H3. The summed E-state index contributed by atoms with van der Waals surface area (Å²) in [6, 6.07) is 15.5. The van der Waals surface area contributed by atoms with Crippen molar-refractivity contribution >= 4 is 5.91 Å². The van der Waals surface area contributed by atoms with E-state index in [1.807, 2.05) is 44.2 Å². The third kappa shape index (κ3) is 3.98. The highest BCUT2D eigenvalue weighted by atomic mass is 16.5. The van der Waals surface area contributed by atoms with Gasteiger partial charge in [-0.05, 0) is 37.0 Å². The van der Waals surface area contributed by atoms with E-state index in [4.69, 9.17) is 4.52 Å². The zero-order chi connectivity index (χ0) is 20.3. The van der Waals surface area contributed by atoms with Gasteiger partial charge in [0.25, 0.3) is 11.8 Å². The molecule has 1 aromatic heterocycles. The molecular formula is C23H27N3O2. The van der Waals surface area contributed by atoms with Crippen molar-refractivity contribution in [3.63, 3.8) is 0 Å². The SMILES string of the molecule is CCN(CC)C(=O)c1ccccc1-c1nc(-c2ccc(C(C)(C)C)cc2)no1. The minimum Gasteiger partial charge on any atom is -0.339 e. The van der Waals surface area contributed by atoms with Crippen LogP contribution in [0.4, 0.5) is 0 Å². The first-order chi connectivity index (χ1) is 13.3. The van der Waals surface area contributed by atoms with E-state index in [9.17, 15) is 4.79 Å². The lowest BCUT2D eigenvalue weighted by molar-refractivity contribution is 0.0773. The van der Waals surface area contributed by atoms with Crippen molar-refractivity contribution in [2.75, 3.05) is 13.1 Å². The van der Waals surface area contributed by atoms with Crippen LogP contribution in [0, 0.1) is 0 Å². The van der Waals surface area contributed by atoms with Crippen LogP contribution in [-0.4, -0.2) is 34.0 Å². The molecule has 3 aromatic rings. The maximum atomic E-state index is 12.8. The number of rotatable bonds is 5. The highest BCUT2D eigenvalue weighted by Crippen LogP contribution is 2.28. The van der Waals surface area contributed by atoms with Crippen LogP contribution in [0.2, 0.25) is 0 Å². The van der Waals surface area contributed by atoms with Crippen molar-refractivity contribution in [1.29, 1.82) is 0 Å². The fourth-order valence-corrected chi connectivity index (χ4v) is 3.11. The monoisotopic (exact) mass is 377 g/mol. The number of carbonyl (C=O) groups excluding carboxylic acids is 1. The van der Waals surface area contributed by atoms with E-state index in [1.165, 1.54) is 5.56 Å². The average molecular weight is 377 g/mol. The van der Waals surface area contributed by atoms with Crippen LogP contribution < -0.4 is 0 Å². The molecule has 0 spiro atoms. The average Bonchev–Trinajstić information content (AvgIpc) is 3.18. The van der Waals surface area contributed by atoms with E-state index in [0.29, 0.717) is 35.9 Å². The lowest BCUT2D eigenvalue weighted by Gasteiger charge is -2.19. The van der Waals surface area contributed by atoms with Gasteiger partial charge in [-0.3, -0.25) is 4.79 Å². The first kappa shape index (κ1) is 19.8. The molecule has 5 nitrogen and oxygen atoms in total. The summed E-state index contributed by atoms with van der Waals surface area (Å²) in [6.45, 7) is 11.8. The topological polar surface area (TPSA) is 59.2 Å². The van der Waals surface area contributed by atoms with Crippen molar-refractivity contribution in [1.82, 2.24) is 15.0 Å². The van der Waals surface area contributed by atoms with Gasteiger partial charge in [-0.25, -0.2) is 0 Å². The third-order valence-electron chi connectivity index (χ3n) is 4.87. The molecule has 0 fully saturated rings. The number of carbonyl (C=O) groups is 1. The minimum absolute atomic E-state index is 0.0325. The Bertz CT molecular complexity index is 948. The molecule has 1 heterocycles. The Labute approximate surface area is 166 Å². The van der Waals surface area contributed by atoms with Crippen LogP contribution in [0.5, 0.6) is 0 Å². The van der Waals surface area contributed by atoms with E-state index >= 15 is 0 Å². The summed E-state index contributed by atoms with van der Waals surface area (Å²) in [5.41, 5.74) is 3.45. The van der Waals surface area contributed by atoms with Gasteiger partial charge in [-0.15, -0.1) is 0 Å². The van der Waals surface area contributed by atoms with E-state index in [-0.39, 0.29) is 11.3 Å². The first-order valence-electron chi connectivity index (χ1n) is 9.68. The van der Waals surface area contributed by atoms with Gasteiger partial charge in [-0.1, -0.05) is 62.3 Å². The minimum atomic E-state index is -0.0325. The Morgan fingerprint density at radius 3 is 2.25 bits per heavy atom. The molecule has 0 N–H and O–H groups in total. The number of aromatic nitrogens is 2. The molecule has 0 bridgehead atoms. The summed E-state index contributed by atoms with van der Waals surface area (Å²) in [4.78, 5) is 19.2. The van der Waals surface area contributed by atoms with Crippen molar-refractivity contribution in [3.8, 4) is 22.8 Å². The Kier molecular flexibility index (Phi) is 5.63. The maximum Gasteiger partial charge on any atom is 0.259 e. The summed E-state index contributed by atoms with van der Waals surface area (Å²) in [5, 5.41) is 4.13. The summed E-state index contributed by atoms with van der Waals surface area (Å²) >= 11 is 0. The first-order valence-corrected chi connectivity index (χ1v) is 9.68. The van der Waals surface area contributed by atoms with Crippen LogP contribution >= 0.6 is 0 Å². The maximum absolute atomic E-state index is 12.8. The second kappa shape index (κ2) is 7.97. The molecule has 1 amide bonds. The van der Waals surface area contributed by atoms with Crippen LogP contribution in [0.1, 0.15) is 50.5 Å². The van der Waals surface area contributed by atoms with Gasteiger partial charge in [0.15, 0.2) is 0 Å². The molecule has 5 heteroatoms. The van der Waals surface area contributed by atoms with E-state index < -0.39 is 0 Å². The van der Waals surface area contributed by atoms with Gasteiger partial charge in [0.2, 0.25) is 5.82 Å². The smallest absolute Gasteiger partial charge is 0.259 e. The lowest BCUT2D eigenvalue weighted by Crippen LogP contribution is -2.30. The van der Waals surface area contributed by atoms with Crippen LogP contribution in [0.3, 0.4) is 0 Å². The van der Waals surface area contributed by atoms with Gasteiger partial charge in [0, 0.05) is 18.7 Å². The molecule has 0 unspecified atom stereocenters. The largest absolute Gasteiger partial charge is 0.339 e. The summed E-state index contributed by atoms with van der Waals surface area (Å²) < 4.78 is 5.51. The molecule has 28 heavy (non-hydrogen) atoms. The molecule has 0 aliphatic carbocycles. The normalized spacial score (nSPS) is 11.5. The summed E-state index contributed by atoms with van der Waals surface area (Å²) in [6.07, 6.45) is 0. The second-order valence-electron chi connectivity index (χ2n) is 7.77. The Hall–Kier alpha value is -2.95. The molecule has 3 rings (SSSR count). The molecule has 146 valence electrons. The number of hydrogen-bond donors (Lipinski definition) is 0. The van der Waals surface area contributed by atoms with Crippen LogP contribution in [0.15, 0.2) is 53.1 Å². The number of benzene rings is 2. The molecular weight excluding hydrogens is 350 g/mol. The Balaban J connectivity index is 1.94. The van der Waals surface area contributed by atoms with Crippen molar-refractivity contribution in [2.24, 2.45) is 0 Å². The van der Waals surface area contributed by atoms with E-state index in [1.54, 1.807) is 11.0 Å². The Morgan fingerprint density at radius 2 is 1.64 bits per heavy atom. The lowest BCUT2D eigenvalue weighted by atomic mass is 9.87. The second-order valence-corrected chi connectivity index (χ2v) is 7.77.